The number of urea groups is 1. The summed E-state index contributed by atoms with van der Waals surface area (Å²) >= 11 is 0. The third kappa shape index (κ3) is 3.16. The number of hydrogen-bond donors (Lipinski definition) is 2. The van der Waals surface area contributed by atoms with Crippen molar-refractivity contribution in [2.45, 2.75) is 38.1 Å². The van der Waals surface area contributed by atoms with Crippen LogP contribution in [0.4, 0.5) is 16.2 Å². The van der Waals surface area contributed by atoms with Gasteiger partial charge in [0.2, 0.25) is 0 Å². The van der Waals surface area contributed by atoms with E-state index < -0.39 is 0 Å². The number of ether oxygens (including phenoxy) is 1. The van der Waals surface area contributed by atoms with Gasteiger partial charge >= 0.3 is 6.03 Å². The Morgan fingerprint density at radius 3 is 2.82 bits per heavy atom. The second-order valence-electron chi connectivity index (χ2n) is 5.86. The molecule has 22 heavy (non-hydrogen) atoms. The molecular weight excluding hydrogens is 282 g/mol. The maximum Gasteiger partial charge on any atom is 0.319 e. The van der Waals surface area contributed by atoms with Crippen LogP contribution >= 0.6 is 0 Å². The minimum Gasteiger partial charge on any atom is -0.482 e. The molecule has 3 rings (SSSR count). The van der Waals surface area contributed by atoms with Gasteiger partial charge in [-0.25, -0.2) is 4.79 Å². The zero-order chi connectivity index (χ0) is 15.5. The molecule has 1 saturated carbocycles. The summed E-state index contributed by atoms with van der Waals surface area (Å²) in [6, 6.07) is 5.38. The highest BCUT2D eigenvalue weighted by atomic mass is 16.5. The van der Waals surface area contributed by atoms with Crippen LogP contribution in [0.25, 0.3) is 0 Å². The number of anilines is 2. The quantitative estimate of drug-likeness (QED) is 0.882. The Morgan fingerprint density at radius 2 is 2.05 bits per heavy atom. The van der Waals surface area contributed by atoms with Crippen molar-refractivity contribution in [3.8, 4) is 5.75 Å². The Morgan fingerprint density at radius 1 is 1.27 bits per heavy atom. The summed E-state index contributed by atoms with van der Waals surface area (Å²) in [5, 5.41) is 5.84. The van der Waals surface area contributed by atoms with Gasteiger partial charge in [0.05, 0.1) is 5.69 Å². The molecule has 1 aliphatic carbocycles. The Hall–Kier alpha value is -2.24. The molecule has 0 bridgehead atoms. The lowest BCUT2D eigenvalue weighted by atomic mass is 9.96. The van der Waals surface area contributed by atoms with E-state index in [2.05, 4.69) is 10.6 Å². The number of rotatable bonds is 2. The summed E-state index contributed by atoms with van der Waals surface area (Å²) in [6.45, 7) is 0.0540. The molecule has 0 atom stereocenters. The second-order valence-corrected chi connectivity index (χ2v) is 5.86. The Bertz CT molecular complexity index is 582. The van der Waals surface area contributed by atoms with Crippen LogP contribution in [-0.2, 0) is 4.79 Å². The molecular formula is C16H21N3O3. The largest absolute Gasteiger partial charge is 0.482 e. The maximum absolute atomic E-state index is 12.1. The van der Waals surface area contributed by atoms with E-state index >= 15 is 0 Å². The van der Waals surface area contributed by atoms with Gasteiger partial charge in [0, 0.05) is 18.8 Å². The van der Waals surface area contributed by atoms with Crippen LogP contribution in [-0.4, -0.2) is 31.6 Å². The number of benzene rings is 1. The summed E-state index contributed by atoms with van der Waals surface area (Å²) in [5.41, 5.74) is 1.32. The monoisotopic (exact) mass is 303 g/mol. The van der Waals surface area contributed by atoms with Crippen LogP contribution in [0.1, 0.15) is 32.1 Å². The predicted octanol–water partition coefficient (Wildman–Crippen LogP) is 2.50. The summed E-state index contributed by atoms with van der Waals surface area (Å²) in [5.74, 6) is 0.552. The van der Waals surface area contributed by atoms with Crippen LogP contribution in [0.5, 0.6) is 5.75 Å². The van der Waals surface area contributed by atoms with Gasteiger partial charge in [-0.15, -0.1) is 0 Å². The Labute approximate surface area is 129 Å². The Balaban J connectivity index is 1.65. The van der Waals surface area contributed by atoms with Gasteiger partial charge in [-0.1, -0.05) is 19.3 Å². The van der Waals surface area contributed by atoms with E-state index in [0.29, 0.717) is 17.1 Å². The summed E-state index contributed by atoms with van der Waals surface area (Å²) < 4.78 is 5.37. The molecule has 6 heteroatoms. The van der Waals surface area contributed by atoms with Crippen molar-refractivity contribution in [3.63, 3.8) is 0 Å². The molecule has 0 unspecified atom stereocenters. The van der Waals surface area contributed by atoms with Crippen LogP contribution in [0.2, 0.25) is 0 Å². The van der Waals surface area contributed by atoms with Crippen molar-refractivity contribution in [2.24, 2.45) is 0 Å². The Kier molecular flexibility index (Phi) is 4.18. The van der Waals surface area contributed by atoms with Crippen LogP contribution < -0.4 is 20.3 Å². The van der Waals surface area contributed by atoms with E-state index in [-0.39, 0.29) is 24.6 Å². The first-order valence-corrected chi connectivity index (χ1v) is 7.74. The van der Waals surface area contributed by atoms with Gasteiger partial charge in [-0.05, 0) is 31.0 Å². The highest BCUT2D eigenvalue weighted by Gasteiger charge is 2.23. The van der Waals surface area contributed by atoms with E-state index in [0.717, 1.165) is 12.8 Å². The van der Waals surface area contributed by atoms with E-state index in [1.807, 2.05) is 0 Å². The predicted molar refractivity (Wildman–Crippen MR) is 84.4 cm³/mol. The van der Waals surface area contributed by atoms with Crippen molar-refractivity contribution in [1.29, 1.82) is 0 Å². The van der Waals surface area contributed by atoms with Gasteiger partial charge in [-0.2, -0.15) is 0 Å². The molecule has 0 saturated heterocycles. The van der Waals surface area contributed by atoms with E-state index in [4.69, 9.17) is 4.74 Å². The molecule has 118 valence electrons. The average molecular weight is 303 g/mol. The molecule has 0 aromatic heterocycles. The number of fused-ring (bicyclic) bond motifs is 1. The first-order valence-electron chi connectivity index (χ1n) is 7.74. The minimum atomic E-state index is -0.197. The molecule has 0 spiro atoms. The topological polar surface area (TPSA) is 70.7 Å². The molecule has 6 nitrogen and oxygen atoms in total. The molecule has 1 aromatic rings. The third-order valence-corrected chi connectivity index (χ3v) is 4.24. The van der Waals surface area contributed by atoms with Crippen molar-refractivity contribution < 1.29 is 14.3 Å². The van der Waals surface area contributed by atoms with Gasteiger partial charge in [0.1, 0.15) is 5.75 Å². The molecule has 0 radical (unpaired) electrons. The van der Waals surface area contributed by atoms with E-state index in [9.17, 15) is 9.59 Å². The number of amides is 3. The van der Waals surface area contributed by atoms with Gasteiger partial charge in [0.15, 0.2) is 6.61 Å². The number of hydrogen-bond acceptors (Lipinski definition) is 3. The molecule has 2 N–H and O–H groups in total. The second kappa shape index (κ2) is 6.25. The maximum atomic E-state index is 12.1. The number of nitrogens with zero attached hydrogens (tertiary/aromatic N) is 1. The summed E-state index contributed by atoms with van der Waals surface area (Å²) in [4.78, 5) is 25.3. The fourth-order valence-electron chi connectivity index (χ4n) is 2.95. The summed E-state index contributed by atoms with van der Waals surface area (Å²) in [7, 11) is 1.70. The van der Waals surface area contributed by atoms with Crippen LogP contribution in [0.15, 0.2) is 18.2 Å². The average Bonchev–Trinajstić information content (AvgIpc) is 2.52. The normalized spacial score (nSPS) is 18.4. The lowest BCUT2D eigenvalue weighted by Crippen LogP contribution is -2.39. The van der Waals surface area contributed by atoms with Crippen molar-refractivity contribution in [2.75, 3.05) is 23.9 Å². The number of nitrogens with one attached hydrogen (secondary N) is 2. The van der Waals surface area contributed by atoms with Crippen LogP contribution in [0, 0.1) is 0 Å². The smallest absolute Gasteiger partial charge is 0.319 e. The fraction of sp³-hybridized carbons (Fsp3) is 0.500. The first-order chi connectivity index (χ1) is 10.6. The van der Waals surface area contributed by atoms with Gasteiger partial charge in [0.25, 0.3) is 5.91 Å². The highest BCUT2D eigenvalue weighted by molar-refractivity contribution is 5.99. The first kappa shape index (κ1) is 14.7. The van der Waals surface area contributed by atoms with Crippen molar-refractivity contribution in [1.82, 2.24) is 5.32 Å². The zero-order valence-corrected chi connectivity index (χ0v) is 12.7. The number of likely N-dealkylation sites (N-methyl/N-ethyl adjacent to an activating group) is 1. The van der Waals surface area contributed by atoms with E-state index in [1.165, 1.54) is 19.3 Å². The van der Waals surface area contributed by atoms with Crippen molar-refractivity contribution >= 4 is 23.3 Å². The third-order valence-electron chi connectivity index (χ3n) is 4.24. The van der Waals surface area contributed by atoms with Crippen LogP contribution in [0.3, 0.4) is 0 Å². The van der Waals surface area contributed by atoms with Gasteiger partial charge < -0.3 is 20.3 Å². The fourth-order valence-corrected chi connectivity index (χ4v) is 2.95. The number of carbonyl (C=O) groups excluding carboxylic acids is 2. The zero-order valence-electron chi connectivity index (χ0n) is 12.7. The molecule has 1 aliphatic heterocycles. The molecule has 3 amide bonds. The number of carbonyl (C=O) groups is 2. The molecule has 1 aromatic carbocycles. The molecule has 2 aliphatic rings. The van der Waals surface area contributed by atoms with Crippen molar-refractivity contribution in [3.05, 3.63) is 18.2 Å². The SMILES string of the molecule is CN1C(=O)COc2ccc(NC(=O)NC3CCCCC3)cc21. The highest BCUT2D eigenvalue weighted by Crippen LogP contribution is 2.33. The summed E-state index contributed by atoms with van der Waals surface area (Å²) in [6.07, 6.45) is 5.69. The molecule has 1 fully saturated rings. The lowest BCUT2D eigenvalue weighted by molar-refractivity contribution is -0.120. The van der Waals surface area contributed by atoms with E-state index in [1.54, 1.807) is 30.1 Å². The lowest BCUT2D eigenvalue weighted by Gasteiger charge is -2.26. The van der Waals surface area contributed by atoms with Gasteiger partial charge in [-0.3, -0.25) is 4.79 Å². The molecule has 1 heterocycles. The standard InChI is InChI=1S/C16H21N3O3/c1-19-13-9-12(7-8-14(13)22-10-15(19)20)18-16(21)17-11-5-3-2-4-6-11/h7-9,11H,2-6,10H2,1H3,(H2,17,18,21). The minimum absolute atomic E-state index is 0.0540.